The molecular weight excluding hydrogens is 305 g/mol. The Labute approximate surface area is 128 Å². The third-order valence-electron chi connectivity index (χ3n) is 2.70. The van der Waals surface area contributed by atoms with E-state index in [1.165, 1.54) is 12.3 Å². The van der Waals surface area contributed by atoms with Crippen molar-refractivity contribution in [3.8, 4) is 11.5 Å². The maximum Gasteiger partial charge on any atom is 0.747 e. The maximum atomic E-state index is 11.0. The molecule has 0 fully saturated rings. The Morgan fingerprint density at radius 3 is 2.86 bits per heavy atom. The molecular formula is C15H15NO5P+. The molecule has 2 rings (SSSR count). The second-order valence-electron chi connectivity index (χ2n) is 4.24. The summed E-state index contributed by atoms with van der Waals surface area (Å²) in [5.41, 5.74) is 1.21. The van der Waals surface area contributed by atoms with Crippen LogP contribution in [0, 0.1) is 0 Å². The molecule has 114 valence electrons. The Bertz CT molecular complexity index is 688. The van der Waals surface area contributed by atoms with Gasteiger partial charge in [-0.15, -0.1) is 4.89 Å². The summed E-state index contributed by atoms with van der Waals surface area (Å²) in [6.45, 7) is 2.22. The molecule has 1 unspecified atom stereocenters. The quantitative estimate of drug-likeness (QED) is 0.627. The van der Waals surface area contributed by atoms with Crippen LogP contribution in [0.4, 0.5) is 0 Å². The molecule has 0 amide bonds. The second kappa shape index (κ2) is 7.54. The van der Waals surface area contributed by atoms with Crippen LogP contribution in [0.2, 0.25) is 0 Å². The molecule has 6 nitrogen and oxygen atoms in total. The molecule has 1 aromatic carbocycles. The first-order valence-corrected chi connectivity index (χ1v) is 7.65. The molecule has 1 heterocycles. The van der Waals surface area contributed by atoms with Gasteiger partial charge in [-0.3, -0.25) is 4.98 Å². The zero-order valence-corrected chi connectivity index (χ0v) is 12.7. The normalized spacial score (nSPS) is 11.9. The van der Waals surface area contributed by atoms with E-state index in [1.807, 2.05) is 6.92 Å². The fourth-order valence-corrected chi connectivity index (χ4v) is 2.12. The van der Waals surface area contributed by atoms with Crippen molar-refractivity contribution >= 4 is 20.1 Å². The van der Waals surface area contributed by atoms with Crippen molar-refractivity contribution in [1.29, 1.82) is 0 Å². The van der Waals surface area contributed by atoms with E-state index in [0.717, 1.165) is 0 Å². The third kappa shape index (κ3) is 4.28. The van der Waals surface area contributed by atoms with E-state index in [1.54, 1.807) is 36.5 Å². The van der Waals surface area contributed by atoms with Crippen molar-refractivity contribution in [2.75, 3.05) is 6.61 Å². The summed E-state index contributed by atoms with van der Waals surface area (Å²) < 4.78 is 21.3. The highest BCUT2D eigenvalue weighted by Gasteiger charge is 2.19. The van der Waals surface area contributed by atoms with Crippen LogP contribution >= 0.6 is 8.25 Å². The van der Waals surface area contributed by atoms with E-state index in [9.17, 15) is 9.67 Å². The number of benzene rings is 1. The molecule has 2 N–H and O–H groups in total. The SMILES string of the molecule is CCOc1cc(C=C(O[P+](=O)O)c2cccnc2)ccc1O. The number of hydrogen-bond donors (Lipinski definition) is 2. The number of nitrogens with zero attached hydrogens (tertiary/aromatic N) is 1. The van der Waals surface area contributed by atoms with Gasteiger partial charge in [0.05, 0.1) is 6.61 Å². The first-order valence-electron chi connectivity index (χ1n) is 6.52. The number of aromatic nitrogens is 1. The smallest absolute Gasteiger partial charge is 0.504 e. The molecule has 0 aliphatic rings. The van der Waals surface area contributed by atoms with Crippen LogP contribution in [0.5, 0.6) is 11.5 Å². The van der Waals surface area contributed by atoms with E-state index in [-0.39, 0.29) is 11.5 Å². The summed E-state index contributed by atoms with van der Waals surface area (Å²) in [6, 6.07) is 8.14. The molecule has 0 radical (unpaired) electrons. The molecule has 0 saturated carbocycles. The highest BCUT2D eigenvalue weighted by Crippen LogP contribution is 2.32. The molecule has 0 spiro atoms. The van der Waals surface area contributed by atoms with Gasteiger partial charge in [-0.2, -0.15) is 0 Å². The van der Waals surface area contributed by atoms with E-state index in [0.29, 0.717) is 23.5 Å². The molecule has 0 aliphatic heterocycles. The Morgan fingerprint density at radius 2 is 2.23 bits per heavy atom. The van der Waals surface area contributed by atoms with Gasteiger partial charge in [-0.05, 0) is 42.8 Å². The topological polar surface area (TPSA) is 88.9 Å². The lowest BCUT2D eigenvalue weighted by atomic mass is 10.1. The van der Waals surface area contributed by atoms with Crippen LogP contribution in [-0.2, 0) is 9.09 Å². The first kappa shape index (κ1) is 15.9. The van der Waals surface area contributed by atoms with Gasteiger partial charge in [0.2, 0.25) is 0 Å². The fraction of sp³-hybridized carbons (Fsp3) is 0.133. The monoisotopic (exact) mass is 320 g/mol. The number of rotatable bonds is 6. The zero-order valence-electron chi connectivity index (χ0n) is 11.8. The van der Waals surface area contributed by atoms with Crippen molar-refractivity contribution in [2.45, 2.75) is 6.92 Å². The van der Waals surface area contributed by atoms with Crippen LogP contribution in [0.3, 0.4) is 0 Å². The van der Waals surface area contributed by atoms with Crippen LogP contribution in [0.15, 0.2) is 42.7 Å². The average molecular weight is 320 g/mol. The summed E-state index contributed by atoms with van der Waals surface area (Å²) in [5.74, 6) is 0.552. The lowest BCUT2D eigenvalue weighted by Gasteiger charge is -2.07. The summed E-state index contributed by atoms with van der Waals surface area (Å²) in [4.78, 5) is 13.0. The number of phenolic OH excluding ortho intramolecular Hbond substituents is 1. The lowest BCUT2D eigenvalue weighted by Crippen LogP contribution is -1.92. The predicted octanol–water partition coefficient (Wildman–Crippen LogP) is 3.35. The minimum Gasteiger partial charge on any atom is -0.504 e. The van der Waals surface area contributed by atoms with Crippen molar-refractivity contribution in [3.05, 3.63) is 53.9 Å². The highest BCUT2D eigenvalue weighted by atomic mass is 31.1. The molecule has 7 heteroatoms. The van der Waals surface area contributed by atoms with E-state index in [2.05, 4.69) is 4.98 Å². The number of aromatic hydroxyl groups is 1. The molecule has 1 aromatic heterocycles. The number of hydrogen-bond acceptors (Lipinski definition) is 5. The average Bonchev–Trinajstić information content (AvgIpc) is 2.50. The van der Waals surface area contributed by atoms with Crippen LogP contribution in [-0.4, -0.2) is 21.6 Å². The molecule has 0 saturated heterocycles. The minimum absolute atomic E-state index is 0.0241. The summed E-state index contributed by atoms with van der Waals surface area (Å²) in [5, 5.41) is 9.69. The van der Waals surface area contributed by atoms with E-state index < -0.39 is 8.25 Å². The Hall–Kier alpha value is -2.43. The summed E-state index contributed by atoms with van der Waals surface area (Å²) in [6.07, 6.45) is 4.69. The fourth-order valence-electron chi connectivity index (χ4n) is 1.80. The standard InChI is InChI=1S/C15H14NO5P/c1-2-20-15-9-11(5-6-13(15)17)8-14(21-22(18)19)12-4-3-7-16-10-12/h3-10H,2H2,1H3,(H-,17,18,19)/p+1. The minimum atomic E-state index is -2.81. The molecule has 1 atom stereocenters. The molecule has 0 bridgehead atoms. The molecule has 0 aliphatic carbocycles. The number of phenols is 1. The van der Waals surface area contributed by atoms with Crippen LogP contribution < -0.4 is 4.74 Å². The van der Waals surface area contributed by atoms with Gasteiger partial charge in [-0.25, -0.2) is 4.52 Å². The van der Waals surface area contributed by atoms with Gasteiger partial charge in [0.1, 0.15) is 0 Å². The van der Waals surface area contributed by atoms with E-state index >= 15 is 0 Å². The zero-order chi connectivity index (χ0) is 15.9. The van der Waals surface area contributed by atoms with Crippen LogP contribution in [0.1, 0.15) is 18.1 Å². The largest absolute Gasteiger partial charge is 0.747 e. The highest BCUT2D eigenvalue weighted by molar-refractivity contribution is 7.32. The Kier molecular flexibility index (Phi) is 5.47. The molecule has 2 aromatic rings. The van der Waals surface area contributed by atoms with Crippen molar-refractivity contribution in [3.63, 3.8) is 0 Å². The van der Waals surface area contributed by atoms with Crippen molar-refractivity contribution in [1.82, 2.24) is 4.98 Å². The van der Waals surface area contributed by atoms with Crippen molar-refractivity contribution in [2.24, 2.45) is 0 Å². The van der Waals surface area contributed by atoms with Gasteiger partial charge in [0, 0.05) is 22.5 Å². The molecule has 22 heavy (non-hydrogen) atoms. The van der Waals surface area contributed by atoms with E-state index in [4.69, 9.17) is 14.2 Å². The number of ether oxygens (including phenoxy) is 1. The third-order valence-corrected chi connectivity index (χ3v) is 3.06. The Balaban J connectivity index is 2.41. The predicted molar refractivity (Wildman–Crippen MR) is 82.3 cm³/mol. The van der Waals surface area contributed by atoms with Gasteiger partial charge < -0.3 is 9.84 Å². The van der Waals surface area contributed by atoms with Crippen LogP contribution in [0.25, 0.3) is 11.8 Å². The van der Waals surface area contributed by atoms with Crippen molar-refractivity contribution < 1.29 is 23.8 Å². The Morgan fingerprint density at radius 1 is 1.41 bits per heavy atom. The summed E-state index contributed by atoms with van der Waals surface area (Å²) in [7, 11) is -2.81. The van der Waals surface area contributed by atoms with Gasteiger partial charge in [-0.1, -0.05) is 6.07 Å². The summed E-state index contributed by atoms with van der Waals surface area (Å²) >= 11 is 0. The number of pyridine rings is 1. The second-order valence-corrected chi connectivity index (χ2v) is 4.90. The lowest BCUT2D eigenvalue weighted by molar-refractivity contribution is 0.318. The van der Waals surface area contributed by atoms with Gasteiger partial charge in [0.15, 0.2) is 17.3 Å². The van der Waals surface area contributed by atoms with Gasteiger partial charge in [0.25, 0.3) is 0 Å². The van der Waals surface area contributed by atoms with Gasteiger partial charge >= 0.3 is 8.25 Å². The first-order chi connectivity index (χ1) is 10.6. The maximum absolute atomic E-state index is 11.0.